The lowest BCUT2D eigenvalue weighted by Crippen LogP contribution is -2.33. The van der Waals surface area contributed by atoms with E-state index in [-0.39, 0.29) is 12.8 Å². The van der Waals surface area contributed by atoms with Gasteiger partial charge in [0.1, 0.15) is 0 Å². The Labute approximate surface area is 76.3 Å². The molecule has 0 aromatic heterocycles. The van der Waals surface area contributed by atoms with Gasteiger partial charge >= 0.3 is 11.9 Å². The zero-order chi connectivity index (χ0) is 10.4. The molecule has 0 saturated heterocycles. The van der Waals surface area contributed by atoms with E-state index < -0.39 is 24.1 Å². The molecule has 0 aliphatic rings. The molecule has 0 spiro atoms. The van der Waals surface area contributed by atoms with Crippen molar-refractivity contribution in [2.24, 2.45) is 0 Å². The summed E-state index contributed by atoms with van der Waals surface area (Å²) in [6.45, 7) is 3.26. The minimum atomic E-state index is -1.12. The molecule has 13 heavy (non-hydrogen) atoms. The molecular weight excluding hydrogens is 176 g/mol. The number of hydrogen-bond acceptors (Lipinski definition) is 3. The molecule has 0 aliphatic heterocycles. The first-order valence-corrected chi connectivity index (χ1v) is 4.13. The molecule has 0 amide bonds. The number of hydrogen-bond donors (Lipinski definition) is 2. The monoisotopic (exact) mass is 190 g/mol. The van der Waals surface area contributed by atoms with Crippen LogP contribution in [0.5, 0.6) is 0 Å². The number of carbonyl (C=O) groups is 2. The first-order valence-electron chi connectivity index (χ1n) is 4.13. The maximum absolute atomic E-state index is 10.5. The quantitative estimate of drug-likeness (QED) is 0.645. The van der Waals surface area contributed by atoms with E-state index >= 15 is 0 Å². The third-order valence-corrected chi connectivity index (χ3v) is 1.62. The fourth-order valence-corrected chi connectivity index (χ4v) is 0.856. The summed E-state index contributed by atoms with van der Waals surface area (Å²) in [5.74, 6) is -2.25. The molecule has 5 heteroatoms. The molecule has 2 unspecified atom stereocenters. The van der Waals surface area contributed by atoms with Crippen LogP contribution in [0.2, 0.25) is 0 Å². The Balaban J connectivity index is 4.19. The third kappa shape index (κ3) is 3.89. The second kappa shape index (κ2) is 5.53. The zero-order valence-corrected chi connectivity index (χ0v) is 7.69. The van der Waals surface area contributed by atoms with E-state index in [0.717, 1.165) is 0 Å². The molecule has 5 nitrogen and oxygen atoms in total. The number of carboxylic acid groups (broad SMARTS) is 2. The fourth-order valence-electron chi connectivity index (χ4n) is 0.856. The molecule has 0 aromatic carbocycles. The Morgan fingerprint density at radius 2 is 1.38 bits per heavy atom. The van der Waals surface area contributed by atoms with Gasteiger partial charge in [-0.2, -0.15) is 0 Å². The highest BCUT2D eigenvalue weighted by Crippen LogP contribution is 2.06. The highest BCUT2D eigenvalue weighted by Gasteiger charge is 2.24. The van der Waals surface area contributed by atoms with Gasteiger partial charge in [0.05, 0.1) is 0 Å². The molecule has 0 aliphatic carbocycles. The maximum atomic E-state index is 10.5. The van der Waals surface area contributed by atoms with Crippen LogP contribution in [0.4, 0.5) is 0 Å². The summed E-state index contributed by atoms with van der Waals surface area (Å²) in [6, 6.07) is 0. The standard InChI is InChI=1S/C8H14O5/c1-3-5(7(9)10)13-6(4-2)8(11)12/h5-6H,3-4H2,1-2H3,(H,9,10)(H,11,12). The van der Waals surface area contributed by atoms with E-state index in [9.17, 15) is 9.59 Å². The Kier molecular flexibility index (Phi) is 5.06. The summed E-state index contributed by atoms with van der Waals surface area (Å²) in [6.07, 6.45) is -1.53. The average Bonchev–Trinajstić information content (AvgIpc) is 2.05. The Bertz CT molecular complexity index is 169. The van der Waals surface area contributed by atoms with Crippen LogP contribution < -0.4 is 0 Å². The van der Waals surface area contributed by atoms with Crippen molar-refractivity contribution in [3.63, 3.8) is 0 Å². The Morgan fingerprint density at radius 3 is 1.54 bits per heavy atom. The molecule has 0 aromatic rings. The van der Waals surface area contributed by atoms with Crippen molar-refractivity contribution in [2.45, 2.75) is 38.9 Å². The Morgan fingerprint density at radius 1 is 1.08 bits per heavy atom. The van der Waals surface area contributed by atoms with Gasteiger partial charge in [-0.05, 0) is 12.8 Å². The van der Waals surface area contributed by atoms with E-state index in [1.807, 2.05) is 0 Å². The van der Waals surface area contributed by atoms with Crippen LogP contribution in [0.15, 0.2) is 0 Å². The lowest BCUT2D eigenvalue weighted by Gasteiger charge is -2.16. The first kappa shape index (κ1) is 11.9. The minimum absolute atomic E-state index is 0.263. The van der Waals surface area contributed by atoms with Crippen LogP contribution >= 0.6 is 0 Å². The van der Waals surface area contributed by atoms with Crippen molar-refractivity contribution < 1.29 is 24.5 Å². The topological polar surface area (TPSA) is 83.8 Å². The number of carboxylic acids is 2. The van der Waals surface area contributed by atoms with Crippen LogP contribution in [0.25, 0.3) is 0 Å². The van der Waals surface area contributed by atoms with Crippen molar-refractivity contribution in [1.82, 2.24) is 0 Å². The van der Waals surface area contributed by atoms with Crippen molar-refractivity contribution in [1.29, 1.82) is 0 Å². The summed E-state index contributed by atoms with van der Waals surface area (Å²) in [7, 11) is 0. The van der Waals surface area contributed by atoms with Gasteiger partial charge in [-0.3, -0.25) is 0 Å². The molecule has 0 radical (unpaired) electrons. The second-order valence-electron chi connectivity index (χ2n) is 2.61. The van der Waals surface area contributed by atoms with Crippen molar-refractivity contribution in [3.8, 4) is 0 Å². The van der Waals surface area contributed by atoms with Crippen molar-refractivity contribution in [2.75, 3.05) is 0 Å². The summed E-state index contributed by atoms with van der Waals surface area (Å²) in [4.78, 5) is 21.0. The molecule has 0 rings (SSSR count). The molecule has 0 fully saturated rings. The van der Waals surface area contributed by atoms with Crippen LogP contribution in [-0.4, -0.2) is 34.4 Å². The number of rotatable bonds is 6. The molecule has 76 valence electrons. The van der Waals surface area contributed by atoms with E-state index in [1.54, 1.807) is 13.8 Å². The largest absolute Gasteiger partial charge is 0.479 e. The number of aliphatic carboxylic acids is 2. The fraction of sp³-hybridized carbons (Fsp3) is 0.750. The number of ether oxygens (including phenoxy) is 1. The summed E-state index contributed by atoms with van der Waals surface area (Å²) in [5.41, 5.74) is 0. The van der Waals surface area contributed by atoms with Gasteiger partial charge in [-0.25, -0.2) is 9.59 Å². The van der Waals surface area contributed by atoms with Crippen LogP contribution in [0.3, 0.4) is 0 Å². The molecule has 0 heterocycles. The van der Waals surface area contributed by atoms with Crippen molar-refractivity contribution >= 4 is 11.9 Å². The second-order valence-corrected chi connectivity index (χ2v) is 2.61. The molecule has 2 N–H and O–H groups in total. The van der Waals surface area contributed by atoms with E-state index in [2.05, 4.69) is 0 Å². The lowest BCUT2D eigenvalue weighted by molar-refractivity contribution is -0.165. The highest BCUT2D eigenvalue weighted by atomic mass is 16.5. The van der Waals surface area contributed by atoms with E-state index in [0.29, 0.717) is 0 Å². The van der Waals surface area contributed by atoms with Gasteiger partial charge < -0.3 is 14.9 Å². The minimum Gasteiger partial charge on any atom is -0.479 e. The van der Waals surface area contributed by atoms with Gasteiger partial charge in [0, 0.05) is 0 Å². The van der Waals surface area contributed by atoms with Crippen LogP contribution in [0, 0.1) is 0 Å². The molecular formula is C8H14O5. The normalized spacial score (nSPS) is 14.9. The summed E-state index contributed by atoms with van der Waals surface area (Å²) in [5, 5.41) is 17.2. The predicted molar refractivity (Wildman–Crippen MR) is 44.5 cm³/mol. The van der Waals surface area contributed by atoms with Gasteiger partial charge in [0.15, 0.2) is 12.2 Å². The van der Waals surface area contributed by atoms with E-state index in [1.165, 1.54) is 0 Å². The molecule has 0 bridgehead atoms. The molecule has 2 atom stereocenters. The van der Waals surface area contributed by atoms with Gasteiger partial charge in [-0.15, -0.1) is 0 Å². The summed E-state index contributed by atoms with van der Waals surface area (Å²) < 4.78 is 4.87. The van der Waals surface area contributed by atoms with Gasteiger partial charge in [0.25, 0.3) is 0 Å². The van der Waals surface area contributed by atoms with Crippen LogP contribution in [0.1, 0.15) is 26.7 Å². The van der Waals surface area contributed by atoms with Crippen LogP contribution in [-0.2, 0) is 14.3 Å². The third-order valence-electron chi connectivity index (χ3n) is 1.62. The highest BCUT2D eigenvalue weighted by molar-refractivity contribution is 5.75. The van der Waals surface area contributed by atoms with E-state index in [4.69, 9.17) is 14.9 Å². The summed E-state index contributed by atoms with van der Waals surface area (Å²) >= 11 is 0. The van der Waals surface area contributed by atoms with Gasteiger partial charge in [0.2, 0.25) is 0 Å². The first-order chi connectivity index (χ1) is 6.02. The van der Waals surface area contributed by atoms with Gasteiger partial charge in [-0.1, -0.05) is 13.8 Å². The molecule has 0 saturated carbocycles. The lowest BCUT2D eigenvalue weighted by atomic mass is 10.2. The average molecular weight is 190 g/mol. The predicted octanol–water partition coefficient (Wildman–Crippen LogP) is 0.729. The zero-order valence-electron chi connectivity index (χ0n) is 7.69. The smallest absolute Gasteiger partial charge is 0.332 e. The maximum Gasteiger partial charge on any atom is 0.332 e. The van der Waals surface area contributed by atoms with Crippen molar-refractivity contribution in [3.05, 3.63) is 0 Å². The Hall–Kier alpha value is -1.10. The SMILES string of the molecule is CCC(OC(CC)C(=O)O)C(=O)O.